The summed E-state index contributed by atoms with van der Waals surface area (Å²) in [6.07, 6.45) is 0. The molecule has 0 fully saturated rings. The number of thioether (sulfide) groups is 1. The van der Waals surface area contributed by atoms with Gasteiger partial charge in [-0.25, -0.2) is 0 Å². The molecule has 0 aliphatic rings. The van der Waals surface area contributed by atoms with Crippen LogP contribution in [0.5, 0.6) is 5.75 Å². The maximum absolute atomic E-state index is 11.6. The highest BCUT2D eigenvalue weighted by molar-refractivity contribution is 7.98. The fourth-order valence-corrected chi connectivity index (χ4v) is 2.49. The molecule has 3 heteroatoms. The largest absolute Gasteiger partial charge is 0.504 e. The van der Waals surface area contributed by atoms with Crippen molar-refractivity contribution in [2.24, 2.45) is 0 Å². The second-order valence-corrected chi connectivity index (χ2v) is 5.11. The Morgan fingerprint density at radius 2 is 1.83 bits per heavy atom. The van der Waals surface area contributed by atoms with Crippen molar-refractivity contribution in [3.05, 3.63) is 69.9 Å². The van der Waals surface area contributed by atoms with Crippen LogP contribution < -0.4 is 5.43 Å². The van der Waals surface area contributed by atoms with Crippen LogP contribution in [0.4, 0.5) is 0 Å². The second kappa shape index (κ2) is 5.74. The van der Waals surface area contributed by atoms with Crippen LogP contribution >= 0.6 is 11.8 Å². The highest BCUT2D eigenvalue weighted by atomic mass is 32.2. The zero-order valence-corrected chi connectivity index (χ0v) is 10.9. The normalized spacial score (nSPS) is 10.3. The van der Waals surface area contributed by atoms with E-state index in [0.29, 0.717) is 11.3 Å². The van der Waals surface area contributed by atoms with Gasteiger partial charge in [-0.2, -0.15) is 0 Å². The van der Waals surface area contributed by atoms with Crippen LogP contribution in [0, 0.1) is 6.92 Å². The monoisotopic (exact) mass is 258 g/mol. The van der Waals surface area contributed by atoms with Gasteiger partial charge in [-0.15, -0.1) is 11.8 Å². The molecular formula is C15H14O2S. The fraction of sp³-hybridized carbons (Fsp3) is 0.133. The molecule has 0 atom stereocenters. The molecule has 18 heavy (non-hydrogen) atoms. The number of rotatable bonds is 3. The Hall–Kier alpha value is -1.74. The molecule has 0 aliphatic carbocycles. The third kappa shape index (κ3) is 3.14. The average molecular weight is 258 g/mol. The summed E-state index contributed by atoms with van der Waals surface area (Å²) >= 11 is 1.60. The van der Waals surface area contributed by atoms with Crippen molar-refractivity contribution in [3.8, 4) is 5.75 Å². The van der Waals surface area contributed by atoms with Crippen LogP contribution in [0.2, 0.25) is 0 Å². The standard InChI is InChI=1S/C15H14O2S/c1-11-7-8-12(15(17)14(16)9-11)10-18-13-5-3-2-4-6-13/h2-9H,10H2,1H3,(H,16,17). The summed E-state index contributed by atoms with van der Waals surface area (Å²) in [5.41, 5.74) is 1.20. The van der Waals surface area contributed by atoms with Gasteiger partial charge < -0.3 is 5.11 Å². The first-order valence-electron chi connectivity index (χ1n) is 5.67. The van der Waals surface area contributed by atoms with Crippen LogP contribution in [-0.4, -0.2) is 5.11 Å². The summed E-state index contributed by atoms with van der Waals surface area (Å²) in [6.45, 7) is 1.84. The molecule has 2 aromatic rings. The minimum atomic E-state index is -0.318. The van der Waals surface area contributed by atoms with E-state index in [-0.39, 0.29) is 11.2 Å². The Balaban J connectivity index is 2.23. The van der Waals surface area contributed by atoms with Crippen LogP contribution in [0.25, 0.3) is 0 Å². The Morgan fingerprint density at radius 3 is 2.56 bits per heavy atom. The first-order chi connectivity index (χ1) is 8.66. The van der Waals surface area contributed by atoms with E-state index in [1.165, 1.54) is 6.07 Å². The van der Waals surface area contributed by atoms with Crippen LogP contribution in [0.15, 0.2) is 58.2 Å². The first kappa shape index (κ1) is 12.7. The minimum absolute atomic E-state index is 0.147. The topological polar surface area (TPSA) is 37.3 Å². The average Bonchev–Trinajstić information content (AvgIpc) is 2.50. The molecule has 0 saturated heterocycles. The Morgan fingerprint density at radius 1 is 1.11 bits per heavy atom. The summed E-state index contributed by atoms with van der Waals surface area (Å²) in [5.74, 6) is 0.436. The molecule has 0 saturated carbocycles. The molecule has 0 bridgehead atoms. The third-order valence-corrected chi connectivity index (χ3v) is 3.64. The van der Waals surface area contributed by atoms with Crippen molar-refractivity contribution in [1.29, 1.82) is 0 Å². The lowest BCUT2D eigenvalue weighted by molar-refractivity contribution is 0.466. The molecular weight excluding hydrogens is 244 g/mol. The van der Waals surface area contributed by atoms with Gasteiger partial charge in [0.05, 0.1) is 0 Å². The quantitative estimate of drug-likeness (QED) is 0.858. The van der Waals surface area contributed by atoms with Crippen molar-refractivity contribution >= 4 is 11.8 Å². The number of aromatic hydroxyl groups is 1. The first-order valence-corrected chi connectivity index (χ1v) is 6.66. The van der Waals surface area contributed by atoms with E-state index >= 15 is 0 Å². The SMILES string of the molecule is Cc1ccc(CSc2ccccc2)c(O)c(=O)c1. The van der Waals surface area contributed by atoms with Gasteiger partial charge >= 0.3 is 0 Å². The van der Waals surface area contributed by atoms with E-state index in [0.717, 1.165) is 10.5 Å². The fourth-order valence-electron chi connectivity index (χ4n) is 1.59. The van der Waals surface area contributed by atoms with Gasteiger partial charge in [-0.3, -0.25) is 4.79 Å². The maximum Gasteiger partial charge on any atom is 0.220 e. The summed E-state index contributed by atoms with van der Waals surface area (Å²) in [6, 6.07) is 15.0. The van der Waals surface area contributed by atoms with Gasteiger partial charge in [-0.05, 0) is 30.7 Å². The van der Waals surface area contributed by atoms with Crippen LogP contribution in [0.3, 0.4) is 0 Å². The molecule has 0 unspecified atom stereocenters. The van der Waals surface area contributed by atoms with Gasteiger partial charge in [0.1, 0.15) is 0 Å². The summed E-state index contributed by atoms with van der Waals surface area (Å²) in [7, 11) is 0. The van der Waals surface area contributed by atoms with E-state index in [9.17, 15) is 9.90 Å². The van der Waals surface area contributed by atoms with E-state index < -0.39 is 0 Å². The van der Waals surface area contributed by atoms with E-state index in [1.807, 2.05) is 49.4 Å². The Bertz CT molecular complexity index is 594. The van der Waals surface area contributed by atoms with Gasteiger partial charge in [0.2, 0.25) is 5.43 Å². The number of benzene rings is 1. The van der Waals surface area contributed by atoms with Crippen LogP contribution in [0.1, 0.15) is 11.1 Å². The molecule has 0 amide bonds. The predicted molar refractivity (Wildman–Crippen MR) is 75.1 cm³/mol. The molecule has 2 rings (SSSR count). The molecule has 0 aromatic heterocycles. The molecule has 0 spiro atoms. The van der Waals surface area contributed by atoms with Crippen molar-refractivity contribution < 1.29 is 5.11 Å². The minimum Gasteiger partial charge on any atom is -0.504 e. The van der Waals surface area contributed by atoms with E-state index in [1.54, 1.807) is 11.8 Å². The lowest BCUT2D eigenvalue weighted by Crippen LogP contribution is -1.96. The molecule has 0 radical (unpaired) electrons. The molecule has 0 heterocycles. The highest BCUT2D eigenvalue weighted by Gasteiger charge is 2.04. The molecule has 2 aromatic carbocycles. The second-order valence-electron chi connectivity index (χ2n) is 4.06. The summed E-state index contributed by atoms with van der Waals surface area (Å²) in [4.78, 5) is 12.7. The molecule has 1 N–H and O–H groups in total. The summed E-state index contributed by atoms with van der Waals surface area (Å²) < 4.78 is 0. The van der Waals surface area contributed by atoms with E-state index in [4.69, 9.17) is 0 Å². The van der Waals surface area contributed by atoms with Crippen molar-refractivity contribution in [2.45, 2.75) is 17.6 Å². The number of aryl methyl sites for hydroxylation is 1. The van der Waals surface area contributed by atoms with Gasteiger partial charge in [-0.1, -0.05) is 30.3 Å². The van der Waals surface area contributed by atoms with Gasteiger partial charge in [0.15, 0.2) is 5.75 Å². The van der Waals surface area contributed by atoms with Crippen molar-refractivity contribution in [2.75, 3.05) is 0 Å². The zero-order chi connectivity index (χ0) is 13.0. The van der Waals surface area contributed by atoms with Crippen LogP contribution in [-0.2, 0) is 5.75 Å². The predicted octanol–water partition coefficient (Wildman–Crippen LogP) is 3.35. The maximum atomic E-state index is 11.6. The molecule has 92 valence electrons. The Kier molecular flexibility index (Phi) is 4.05. The third-order valence-electron chi connectivity index (χ3n) is 2.58. The van der Waals surface area contributed by atoms with Gasteiger partial charge in [0.25, 0.3) is 0 Å². The number of hydrogen-bond donors (Lipinski definition) is 1. The van der Waals surface area contributed by atoms with Crippen molar-refractivity contribution in [1.82, 2.24) is 0 Å². The smallest absolute Gasteiger partial charge is 0.220 e. The van der Waals surface area contributed by atoms with Gasteiger partial charge in [0, 0.05) is 16.2 Å². The lowest BCUT2D eigenvalue weighted by Gasteiger charge is -2.01. The lowest BCUT2D eigenvalue weighted by atomic mass is 10.3. The zero-order valence-electron chi connectivity index (χ0n) is 10.1. The highest BCUT2D eigenvalue weighted by Crippen LogP contribution is 2.25. The molecule has 0 aliphatic heterocycles. The number of hydrogen-bond acceptors (Lipinski definition) is 3. The van der Waals surface area contributed by atoms with Crippen molar-refractivity contribution in [3.63, 3.8) is 0 Å². The Labute approximate surface area is 110 Å². The van der Waals surface area contributed by atoms with E-state index in [2.05, 4.69) is 0 Å². The molecule has 2 nitrogen and oxygen atoms in total. The summed E-state index contributed by atoms with van der Waals surface area (Å²) in [5, 5.41) is 9.83.